The molecule has 2 aliphatic rings. The Labute approximate surface area is 142 Å². The third-order valence-corrected chi connectivity index (χ3v) is 6.06. The van der Waals surface area contributed by atoms with Gasteiger partial charge in [0.15, 0.2) is 0 Å². The van der Waals surface area contributed by atoms with Gasteiger partial charge in [0, 0.05) is 0 Å². The van der Waals surface area contributed by atoms with Gasteiger partial charge in [-0.2, -0.15) is 0 Å². The first-order valence-electron chi connectivity index (χ1n) is 9.66. The van der Waals surface area contributed by atoms with E-state index in [-0.39, 0.29) is 0 Å². The van der Waals surface area contributed by atoms with Gasteiger partial charge in [-0.1, -0.05) is 54.5 Å². The van der Waals surface area contributed by atoms with Gasteiger partial charge >= 0.3 is 0 Å². The molecule has 0 amide bonds. The van der Waals surface area contributed by atoms with Crippen molar-refractivity contribution in [3.8, 4) is 0 Å². The number of aryl methyl sites for hydroxylation is 1. The van der Waals surface area contributed by atoms with Crippen molar-refractivity contribution in [2.24, 2.45) is 11.8 Å². The molecular weight excluding hydrogens is 276 g/mol. The smallest absolute Gasteiger partial charge is 0.0248 e. The minimum atomic E-state index is 0.916. The first kappa shape index (κ1) is 16.6. The summed E-state index contributed by atoms with van der Waals surface area (Å²) in [4.78, 5) is 0. The van der Waals surface area contributed by atoms with Gasteiger partial charge in [0.05, 0.1) is 0 Å². The van der Waals surface area contributed by atoms with E-state index in [0.29, 0.717) is 0 Å². The zero-order valence-electron chi connectivity index (χ0n) is 15.0. The molecule has 0 heterocycles. The highest BCUT2D eigenvalue weighted by Gasteiger charge is 2.22. The van der Waals surface area contributed by atoms with Crippen LogP contribution in [0.5, 0.6) is 0 Å². The molecule has 1 fully saturated rings. The molecule has 23 heavy (non-hydrogen) atoms. The molecule has 124 valence electrons. The van der Waals surface area contributed by atoms with Gasteiger partial charge in [-0.15, -0.1) is 0 Å². The molecule has 0 bridgehead atoms. The van der Waals surface area contributed by atoms with Crippen LogP contribution in [0.15, 0.2) is 47.6 Å². The zero-order chi connectivity index (χ0) is 16.1. The number of benzene rings is 1. The molecule has 1 aromatic carbocycles. The predicted octanol–water partition coefficient (Wildman–Crippen LogP) is 6.79. The van der Waals surface area contributed by atoms with E-state index in [2.05, 4.69) is 50.3 Å². The van der Waals surface area contributed by atoms with Crippen molar-refractivity contribution in [1.29, 1.82) is 0 Å². The Hall–Kier alpha value is -1.30. The Morgan fingerprint density at radius 2 is 1.43 bits per heavy atom. The third-order valence-electron chi connectivity index (χ3n) is 6.06. The molecule has 0 aromatic heterocycles. The molecule has 0 atom stereocenters. The Kier molecular flexibility index (Phi) is 5.75. The summed E-state index contributed by atoms with van der Waals surface area (Å²) in [5.41, 5.74) is 6.39. The quantitative estimate of drug-likeness (QED) is 0.561. The molecule has 0 radical (unpaired) electrons. The molecule has 0 heteroatoms. The Bertz CT molecular complexity index is 567. The van der Waals surface area contributed by atoms with Crippen molar-refractivity contribution in [3.05, 3.63) is 58.7 Å². The Morgan fingerprint density at radius 1 is 0.826 bits per heavy atom. The fourth-order valence-corrected chi connectivity index (χ4v) is 4.35. The molecule has 3 rings (SSSR count). The lowest BCUT2D eigenvalue weighted by molar-refractivity contribution is 0.270. The van der Waals surface area contributed by atoms with Crippen molar-refractivity contribution in [3.63, 3.8) is 0 Å². The summed E-state index contributed by atoms with van der Waals surface area (Å²) in [6, 6.07) is 8.94. The van der Waals surface area contributed by atoms with Crippen LogP contribution >= 0.6 is 0 Å². The highest BCUT2D eigenvalue weighted by atomic mass is 14.3. The van der Waals surface area contributed by atoms with Gasteiger partial charge in [-0.3, -0.25) is 0 Å². The second-order valence-corrected chi connectivity index (χ2v) is 7.72. The van der Waals surface area contributed by atoms with Crippen LogP contribution in [0.2, 0.25) is 0 Å². The summed E-state index contributed by atoms with van der Waals surface area (Å²) < 4.78 is 0. The monoisotopic (exact) mass is 308 g/mol. The SMILES string of the molecule is CCC1=CC=C(CC2CCC(Cc3ccccc3C)CC2)CC1. The van der Waals surface area contributed by atoms with Crippen LogP contribution in [0.4, 0.5) is 0 Å². The number of allylic oxidation sites excluding steroid dienone is 4. The fourth-order valence-electron chi connectivity index (χ4n) is 4.35. The minimum absolute atomic E-state index is 0.916. The lowest BCUT2D eigenvalue weighted by Gasteiger charge is -2.30. The van der Waals surface area contributed by atoms with E-state index >= 15 is 0 Å². The first-order chi connectivity index (χ1) is 11.2. The highest BCUT2D eigenvalue weighted by molar-refractivity contribution is 5.26. The van der Waals surface area contributed by atoms with Crippen LogP contribution in [-0.2, 0) is 6.42 Å². The van der Waals surface area contributed by atoms with E-state index in [4.69, 9.17) is 0 Å². The molecule has 0 unspecified atom stereocenters. The number of hydrogen-bond acceptors (Lipinski definition) is 0. The molecule has 1 saturated carbocycles. The van der Waals surface area contributed by atoms with Gasteiger partial charge in [0.2, 0.25) is 0 Å². The normalized spacial score (nSPS) is 25.0. The Balaban J connectivity index is 1.47. The van der Waals surface area contributed by atoms with Crippen LogP contribution in [0.25, 0.3) is 0 Å². The van der Waals surface area contributed by atoms with Crippen LogP contribution in [0, 0.1) is 18.8 Å². The zero-order valence-corrected chi connectivity index (χ0v) is 15.0. The Morgan fingerprint density at radius 3 is 2.04 bits per heavy atom. The third kappa shape index (κ3) is 4.59. The maximum absolute atomic E-state index is 2.43. The van der Waals surface area contributed by atoms with Gasteiger partial charge < -0.3 is 0 Å². The van der Waals surface area contributed by atoms with Gasteiger partial charge in [0.1, 0.15) is 0 Å². The van der Waals surface area contributed by atoms with Gasteiger partial charge in [0.25, 0.3) is 0 Å². The number of hydrogen-bond donors (Lipinski definition) is 0. The summed E-state index contributed by atoms with van der Waals surface area (Å²) in [7, 11) is 0. The summed E-state index contributed by atoms with van der Waals surface area (Å²) in [5, 5.41) is 0. The molecule has 0 nitrogen and oxygen atoms in total. The lowest BCUT2D eigenvalue weighted by Crippen LogP contribution is -2.17. The summed E-state index contributed by atoms with van der Waals surface area (Å²) in [6.07, 6.45) is 17.1. The summed E-state index contributed by atoms with van der Waals surface area (Å²) in [5.74, 6) is 1.87. The summed E-state index contributed by atoms with van der Waals surface area (Å²) >= 11 is 0. The van der Waals surface area contributed by atoms with Crippen LogP contribution in [-0.4, -0.2) is 0 Å². The van der Waals surface area contributed by atoms with Crippen LogP contribution < -0.4 is 0 Å². The lowest BCUT2D eigenvalue weighted by atomic mass is 9.76. The topological polar surface area (TPSA) is 0 Å². The van der Waals surface area contributed by atoms with Gasteiger partial charge in [-0.25, -0.2) is 0 Å². The van der Waals surface area contributed by atoms with Crippen molar-refractivity contribution in [2.45, 2.75) is 71.6 Å². The van der Waals surface area contributed by atoms with Gasteiger partial charge in [-0.05, 0) is 87.7 Å². The average molecular weight is 309 g/mol. The highest BCUT2D eigenvalue weighted by Crippen LogP contribution is 2.36. The number of rotatable bonds is 5. The molecule has 1 aromatic rings. The maximum Gasteiger partial charge on any atom is -0.0248 e. The van der Waals surface area contributed by atoms with E-state index in [1.165, 1.54) is 63.4 Å². The maximum atomic E-state index is 2.43. The second kappa shape index (κ2) is 7.99. The van der Waals surface area contributed by atoms with Crippen LogP contribution in [0.1, 0.15) is 69.4 Å². The van der Waals surface area contributed by atoms with Crippen molar-refractivity contribution < 1.29 is 0 Å². The fraction of sp³-hybridized carbons (Fsp3) is 0.565. The van der Waals surface area contributed by atoms with Crippen molar-refractivity contribution >= 4 is 0 Å². The van der Waals surface area contributed by atoms with E-state index in [9.17, 15) is 0 Å². The summed E-state index contributed by atoms with van der Waals surface area (Å²) in [6.45, 7) is 4.54. The first-order valence-corrected chi connectivity index (χ1v) is 9.66. The second-order valence-electron chi connectivity index (χ2n) is 7.72. The van der Waals surface area contributed by atoms with Crippen LogP contribution in [0.3, 0.4) is 0 Å². The van der Waals surface area contributed by atoms with E-state index in [1.54, 1.807) is 16.7 Å². The largest absolute Gasteiger partial charge is 0.0702 e. The minimum Gasteiger partial charge on any atom is -0.0702 e. The van der Waals surface area contributed by atoms with Crippen molar-refractivity contribution in [2.75, 3.05) is 0 Å². The van der Waals surface area contributed by atoms with Crippen molar-refractivity contribution in [1.82, 2.24) is 0 Å². The standard InChI is InChI=1S/C23H32/c1-3-19-8-10-20(11-9-19)16-21-12-14-22(15-13-21)17-23-7-5-4-6-18(23)2/h4-8,10,21-22H,3,9,11-17H2,1-2H3. The van der Waals surface area contributed by atoms with E-state index in [1.807, 2.05) is 0 Å². The van der Waals surface area contributed by atoms with E-state index in [0.717, 1.165) is 11.8 Å². The molecule has 2 aliphatic carbocycles. The molecule has 0 aliphatic heterocycles. The molecule has 0 spiro atoms. The van der Waals surface area contributed by atoms with E-state index < -0.39 is 0 Å². The predicted molar refractivity (Wildman–Crippen MR) is 101 cm³/mol. The molecule has 0 N–H and O–H groups in total. The molecular formula is C23H32. The average Bonchev–Trinajstić information content (AvgIpc) is 2.59. The molecule has 0 saturated heterocycles.